The first-order valence-electron chi connectivity index (χ1n) is 6.59. The fourth-order valence-electron chi connectivity index (χ4n) is 2.29. The summed E-state index contributed by atoms with van der Waals surface area (Å²) in [5.74, 6) is 0.679. The number of amidine groups is 1. The molecule has 1 aromatic rings. The summed E-state index contributed by atoms with van der Waals surface area (Å²) in [6.45, 7) is 5.63. The lowest BCUT2D eigenvalue weighted by molar-refractivity contribution is -0.0575. The Morgan fingerprint density at radius 3 is 2.63 bits per heavy atom. The Hall–Kier alpha value is -0.870. The van der Waals surface area contributed by atoms with Crippen molar-refractivity contribution in [2.45, 2.75) is 31.7 Å². The van der Waals surface area contributed by atoms with E-state index >= 15 is 0 Å². The molecule has 0 amide bonds. The van der Waals surface area contributed by atoms with Crippen LogP contribution in [-0.2, 0) is 10.2 Å². The van der Waals surface area contributed by atoms with Gasteiger partial charge in [0, 0.05) is 29.4 Å². The average Bonchev–Trinajstić information content (AvgIpc) is 2.32. The van der Waals surface area contributed by atoms with Crippen molar-refractivity contribution >= 4 is 21.8 Å². The van der Waals surface area contributed by atoms with Crippen molar-refractivity contribution in [3.63, 3.8) is 0 Å². The highest BCUT2D eigenvalue weighted by Crippen LogP contribution is 2.37. The standard InChI is InChI=1S/C15H21BrN2O/c1-11(2)18(3)14(17)8-15(9-19-10-15)12-5-4-6-13(16)7-12/h4-7,11,17H,8-10H2,1-3H3. The first-order chi connectivity index (χ1) is 8.94. The molecule has 0 unspecified atom stereocenters. The number of rotatable bonds is 4. The van der Waals surface area contributed by atoms with Crippen LogP contribution in [0.2, 0.25) is 0 Å². The predicted octanol–water partition coefficient (Wildman–Crippen LogP) is 3.42. The minimum Gasteiger partial charge on any atom is -0.379 e. The molecule has 4 heteroatoms. The van der Waals surface area contributed by atoms with E-state index in [0.717, 1.165) is 10.9 Å². The summed E-state index contributed by atoms with van der Waals surface area (Å²) in [4.78, 5) is 2.03. The molecule has 2 rings (SSSR count). The van der Waals surface area contributed by atoms with Crippen molar-refractivity contribution in [3.8, 4) is 0 Å². The number of halogens is 1. The van der Waals surface area contributed by atoms with Gasteiger partial charge in [-0.05, 0) is 31.5 Å². The summed E-state index contributed by atoms with van der Waals surface area (Å²) >= 11 is 3.52. The number of benzene rings is 1. The zero-order valence-electron chi connectivity index (χ0n) is 11.7. The van der Waals surface area contributed by atoms with Crippen LogP contribution in [0.4, 0.5) is 0 Å². The quantitative estimate of drug-likeness (QED) is 0.680. The van der Waals surface area contributed by atoms with E-state index in [1.807, 2.05) is 18.0 Å². The molecular weight excluding hydrogens is 304 g/mol. The van der Waals surface area contributed by atoms with Crippen molar-refractivity contribution in [3.05, 3.63) is 34.3 Å². The lowest BCUT2D eigenvalue weighted by Gasteiger charge is -2.43. The molecule has 19 heavy (non-hydrogen) atoms. The molecule has 0 saturated carbocycles. The van der Waals surface area contributed by atoms with Crippen LogP contribution in [0.5, 0.6) is 0 Å². The van der Waals surface area contributed by atoms with Crippen molar-refractivity contribution in [1.29, 1.82) is 5.41 Å². The molecular formula is C15H21BrN2O. The van der Waals surface area contributed by atoms with Crippen LogP contribution >= 0.6 is 15.9 Å². The van der Waals surface area contributed by atoms with E-state index in [0.29, 0.717) is 25.1 Å². The number of hydrogen-bond donors (Lipinski definition) is 1. The smallest absolute Gasteiger partial charge is 0.0968 e. The number of hydrogen-bond acceptors (Lipinski definition) is 2. The molecule has 1 saturated heterocycles. The van der Waals surface area contributed by atoms with Gasteiger partial charge in [0.1, 0.15) is 0 Å². The van der Waals surface area contributed by atoms with Crippen LogP contribution in [0.3, 0.4) is 0 Å². The Kier molecular flexibility index (Phi) is 4.31. The molecule has 1 aliphatic rings. The Labute approximate surface area is 123 Å². The molecule has 1 heterocycles. The molecule has 104 valence electrons. The summed E-state index contributed by atoms with van der Waals surface area (Å²) in [7, 11) is 1.99. The lowest BCUT2D eigenvalue weighted by Crippen LogP contribution is -2.50. The van der Waals surface area contributed by atoms with Gasteiger partial charge in [-0.3, -0.25) is 5.41 Å². The molecule has 0 aromatic heterocycles. The zero-order valence-corrected chi connectivity index (χ0v) is 13.3. The summed E-state index contributed by atoms with van der Waals surface area (Å²) in [6.07, 6.45) is 0.734. The van der Waals surface area contributed by atoms with E-state index in [1.165, 1.54) is 5.56 Å². The van der Waals surface area contributed by atoms with E-state index in [9.17, 15) is 0 Å². The zero-order chi connectivity index (χ0) is 14.0. The maximum Gasteiger partial charge on any atom is 0.0968 e. The Bertz CT molecular complexity index is 469. The predicted molar refractivity (Wildman–Crippen MR) is 81.9 cm³/mol. The van der Waals surface area contributed by atoms with Crippen LogP contribution in [0.15, 0.2) is 28.7 Å². The largest absolute Gasteiger partial charge is 0.379 e. The second-order valence-electron chi connectivity index (χ2n) is 5.61. The Morgan fingerprint density at radius 2 is 2.16 bits per heavy atom. The number of nitrogens with zero attached hydrogens (tertiary/aromatic N) is 1. The first-order valence-corrected chi connectivity index (χ1v) is 7.38. The fraction of sp³-hybridized carbons (Fsp3) is 0.533. The molecule has 1 N–H and O–H groups in total. The van der Waals surface area contributed by atoms with Crippen molar-refractivity contribution in [2.75, 3.05) is 20.3 Å². The van der Waals surface area contributed by atoms with E-state index in [4.69, 9.17) is 10.1 Å². The summed E-state index contributed by atoms with van der Waals surface area (Å²) in [6, 6.07) is 8.71. The topological polar surface area (TPSA) is 36.3 Å². The first kappa shape index (κ1) is 14.5. The van der Waals surface area contributed by atoms with Crippen LogP contribution in [0, 0.1) is 5.41 Å². The molecule has 1 fully saturated rings. The van der Waals surface area contributed by atoms with Gasteiger partial charge in [-0.1, -0.05) is 28.1 Å². The summed E-state index contributed by atoms with van der Waals surface area (Å²) in [5, 5.41) is 8.28. The van der Waals surface area contributed by atoms with Crippen LogP contribution < -0.4 is 0 Å². The van der Waals surface area contributed by atoms with Gasteiger partial charge in [0.25, 0.3) is 0 Å². The fourth-order valence-corrected chi connectivity index (χ4v) is 2.69. The summed E-state index contributed by atoms with van der Waals surface area (Å²) in [5.41, 5.74) is 1.24. The van der Waals surface area contributed by atoms with Crippen molar-refractivity contribution in [2.24, 2.45) is 0 Å². The third-order valence-corrected chi connectivity index (χ3v) is 4.39. The number of nitrogens with one attached hydrogen (secondary N) is 1. The third-order valence-electron chi connectivity index (χ3n) is 3.90. The van der Waals surface area contributed by atoms with Gasteiger partial charge in [-0.25, -0.2) is 0 Å². The molecule has 0 aliphatic carbocycles. The van der Waals surface area contributed by atoms with Gasteiger partial charge < -0.3 is 9.64 Å². The van der Waals surface area contributed by atoms with Gasteiger partial charge in [-0.2, -0.15) is 0 Å². The van der Waals surface area contributed by atoms with Crippen molar-refractivity contribution in [1.82, 2.24) is 4.90 Å². The highest BCUT2D eigenvalue weighted by molar-refractivity contribution is 9.10. The highest BCUT2D eigenvalue weighted by Gasteiger charge is 2.41. The lowest BCUT2D eigenvalue weighted by atomic mass is 9.75. The summed E-state index contributed by atoms with van der Waals surface area (Å²) < 4.78 is 6.53. The molecule has 0 radical (unpaired) electrons. The van der Waals surface area contributed by atoms with E-state index in [1.54, 1.807) is 0 Å². The van der Waals surface area contributed by atoms with Crippen molar-refractivity contribution < 1.29 is 4.74 Å². The van der Waals surface area contributed by atoms with E-state index < -0.39 is 0 Å². The second kappa shape index (κ2) is 5.63. The van der Waals surface area contributed by atoms with Crippen LogP contribution in [0.25, 0.3) is 0 Å². The van der Waals surface area contributed by atoms with Crippen LogP contribution in [-0.4, -0.2) is 37.0 Å². The Balaban J connectivity index is 2.18. The number of ether oxygens (including phenoxy) is 1. The van der Waals surface area contributed by atoms with Gasteiger partial charge in [0.15, 0.2) is 0 Å². The normalized spacial score (nSPS) is 17.1. The minimum absolute atomic E-state index is 0.0238. The Morgan fingerprint density at radius 1 is 1.47 bits per heavy atom. The van der Waals surface area contributed by atoms with Gasteiger partial charge in [0.2, 0.25) is 0 Å². The van der Waals surface area contributed by atoms with Gasteiger partial charge in [0.05, 0.1) is 19.0 Å². The third kappa shape index (κ3) is 3.00. The molecule has 1 aromatic carbocycles. The maximum absolute atomic E-state index is 8.28. The average molecular weight is 325 g/mol. The SMILES string of the molecule is CC(C)N(C)C(=N)CC1(c2cccc(Br)c2)COC1. The molecule has 0 atom stereocenters. The van der Waals surface area contributed by atoms with Gasteiger partial charge >= 0.3 is 0 Å². The highest BCUT2D eigenvalue weighted by atomic mass is 79.9. The minimum atomic E-state index is -0.0238. The maximum atomic E-state index is 8.28. The van der Waals surface area contributed by atoms with Crippen LogP contribution in [0.1, 0.15) is 25.8 Å². The van der Waals surface area contributed by atoms with E-state index in [2.05, 4.69) is 48.0 Å². The second-order valence-corrected chi connectivity index (χ2v) is 6.53. The molecule has 0 spiro atoms. The molecule has 0 bridgehead atoms. The van der Waals surface area contributed by atoms with E-state index in [-0.39, 0.29) is 5.41 Å². The molecule has 1 aliphatic heterocycles. The monoisotopic (exact) mass is 324 g/mol. The molecule has 3 nitrogen and oxygen atoms in total. The van der Waals surface area contributed by atoms with Gasteiger partial charge in [-0.15, -0.1) is 0 Å².